The van der Waals surface area contributed by atoms with E-state index in [9.17, 15) is 9.59 Å². The summed E-state index contributed by atoms with van der Waals surface area (Å²) in [6, 6.07) is 15.8. The minimum absolute atomic E-state index is 0.0593. The number of hydrogen-bond acceptors (Lipinski definition) is 8. The molecular formula is C30H37N9O3. The minimum atomic E-state index is -0.347. The van der Waals surface area contributed by atoms with Gasteiger partial charge in [-0.05, 0) is 60.0 Å². The second-order valence-corrected chi connectivity index (χ2v) is 10.2. The van der Waals surface area contributed by atoms with Crippen molar-refractivity contribution >= 4 is 35.0 Å². The molecule has 0 radical (unpaired) electrons. The van der Waals surface area contributed by atoms with Gasteiger partial charge in [0.15, 0.2) is 5.96 Å². The summed E-state index contributed by atoms with van der Waals surface area (Å²) in [7, 11) is 0. The molecule has 0 atom stereocenters. The molecule has 220 valence electrons. The lowest BCUT2D eigenvalue weighted by Gasteiger charge is -2.27. The van der Waals surface area contributed by atoms with Crippen molar-refractivity contribution in [3.8, 4) is 5.69 Å². The van der Waals surface area contributed by atoms with Crippen LogP contribution >= 0.6 is 0 Å². The predicted octanol–water partition coefficient (Wildman–Crippen LogP) is 1.22. The number of rotatable bonds is 11. The Balaban J connectivity index is 1.24. The Morgan fingerprint density at radius 2 is 1.93 bits per heavy atom. The van der Waals surface area contributed by atoms with Gasteiger partial charge in [0.1, 0.15) is 5.82 Å². The van der Waals surface area contributed by atoms with Crippen molar-refractivity contribution in [3.05, 3.63) is 81.9 Å². The monoisotopic (exact) mass is 571 g/mol. The number of anilines is 2. The van der Waals surface area contributed by atoms with E-state index in [0.717, 1.165) is 46.6 Å². The Morgan fingerprint density at radius 1 is 1.12 bits per heavy atom. The van der Waals surface area contributed by atoms with Crippen LogP contribution in [0.5, 0.6) is 0 Å². The van der Waals surface area contributed by atoms with Crippen LogP contribution in [-0.2, 0) is 16.1 Å². The Morgan fingerprint density at radius 3 is 2.71 bits per heavy atom. The van der Waals surface area contributed by atoms with E-state index < -0.39 is 0 Å². The highest BCUT2D eigenvalue weighted by molar-refractivity contribution is 5.90. The summed E-state index contributed by atoms with van der Waals surface area (Å²) in [4.78, 5) is 35.4. The maximum absolute atomic E-state index is 12.8. The zero-order chi connectivity index (χ0) is 29.3. The van der Waals surface area contributed by atoms with Crippen molar-refractivity contribution in [2.45, 2.75) is 13.0 Å². The standard InChI is InChI=1S/C30H37N9O3/c31-29(32)34-10-2-9-33-17-21-5-7-26(8-6-21)39-20-24-15-23(18-36-28(24)37-30(39)41)22-3-1-4-25(16-22)35-19-27(40)38-11-13-42-14-12-38/h1,3-8,15-16,20,33,35H,2,9-14,17-19H2,(H4,31,32,34)(H,36,37,41). The van der Waals surface area contributed by atoms with E-state index in [-0.39, 0.29) is 24.1 Å². The molecule has 3 aromatic rings. The first-order valence-corrected chi connectivity index (χ1v) is 14.1. The van der Waals surface area contributed by atoms with Crippen molar-refractivity contribution in [1.29, 1.82) is 0 Å². The van der Waals surface area contributed by atoms with Crippen molar-refractivity contribution in [2.75, 3.05) is 63.1 Å². The van der Waals surface area contributed by atoms with Gasteiger partial charge in [-0.2, -0.15) is 4.98 Å². The highest BCUT2D eigenvalue weighted by Crippen LogP contribution is 2.28. The molecule has 0 bridgehead atoms. The third-order valence-electron chi connectivity index (χ3n) is 7.12. The van der Waals surface area contributed by atoms with E-state index >= 15 is 0 Å². The number of aliphatic imine (C=N–C) groups is 1. The van der Waals surface area contributed by atoms with Gasteiger partial charge in [-0.1, -0.05) is 24.3 Å². The normalized spacial score (nSPS) is 14.4. The zero-order valence-electron chi connectivity index (χ0n) is 23.5. The first-order valence-electron chi connectivity index (χ1n) is 14.1. The lowest BCUT2D eigenvalue weighted by Crippen LogP contribution is -2.43. The second kappa shape index (κ2) is 13.8. The minimum Gasteiger partial charge on any atom is -0.378 e. The van der Waals surface area contributed by atoms with Gasteiger partial charge >= 0.3 is 5.69 Å². The van der Waals surface area contributed by atoms with Crippen molar-refractivity contribution < 1.29 is 9.53 Å². The highest BCUT2D eigenvalue weighted by Gasteiger charge is 2.18. The summed E-state index contributed by atoms with van der Waals surface area (Å²) >= 11 is 0. The SMILES string of the molecule is NC(N)=NCCCNCc1ccc(-n2cc3c(nc2=O)NCC(c2cccc(NCC(=O)N4CCOCC4)c2)=C3)cc1. The quantitative estimate of drug-likeness (QED) is 0.129. The number of nitrogens with two attached hydrogens (primary N) is 2. The number of nitrogens with zero attached hydrogens (tertiary/aromatic N) is 4. The zero-order valence-corrected chi connectivity index (χ0v) is 23.5. The number of nitrogens with one attached hydrogen (secondary N) is 3. The maximum Gasteiger partial charge on any atom is 0.354 e. The highest BCUT2D eigenvalue weighted by atomic mass is 16.5. The summed E-state index contributed by atoms with van der Waals surface area (Å²) < 4.78 is 6.89. The second-order valence-electron chi connectivity index (χ2n) is 10.2. The molecule has 0 spiro atoms. The smallest absolute Gasteiger partial charge is 0.354 e. The van der Waals surface area contributed by atoms with Crippen LogP contribution in [-0.4, -0.2) is 78.8 Å². The van der Waals surface area contributed by atoms with Crippen LogP contribution in [0.15, 0.2) is 64.5 Å². The fraction of sp³-hybridized carbons (Fsp3) is 0.333. The molecule has 1 saturated heterocycles. The van der Waals surface area contributed by atoms with E-state index in [1.807, 2.05) is 65.7 Å². The lowest BCUT2D eigenvalue weighted by atomic mass is 10.0. The molecule has 12 nitrogen and oxygen atoms in total. The van der Waals surface area contributed by atoms with Crippen molar-refractivity contribution in [2.24, 2.45) is 16.5 Å². The number of benzene rings is 2. The van der Waals surface area contributed by atoms with Gasteiger partial charge in [0.25, 0.3) is 0 Å². The van der Waals surface area contributed by atoms with Crippen LogP contribution in [0.2, 0.25) is 0 Å². The van der Waals surface area contributed by atoms with Crippen LogP contribution in [0, 0.1) is 0 Å². The van der Waals surface area contributed by atoms with Gasteiger partial charge in [-0.25, -0.2) is 4.79 Å². The Kier molecular flexibility index (Phi) is 9.47. The van der Waals surface area contributed by atoms with Crippen LogP contribution in [0.25, 0.3) is 17.3 Å². The van der Waals surface area contributed by atoms with E-state index in [0.29, 0.717) is 51.8 Å². The molecule has 2 aliphatic heterocycles. The number of hydrogen-bond donors (Lipinski definition) is 5. The van der Waals surface area contributed by atoms with Crippen LogP contribution in [0.3, 0.4) is 0 Å². The number of guanidine groups is 1. The third-order valence-corrected chi connectivity index (χ3v) is 7.12. The topological polar surface area (TPSA) is 165 Å². The summed E-state index contributed by atoms with van der Waals surface area (Å²) in [6.07, 6.45) is 4.70. The van der Waals surface area contributed by atoms with Crippen LogP contribution in [0.4, 0.5) is 11.5 Å². The predicted molar refractivity (Wildman–Crippen MR) is 166 cm³/mol. The average molecular weight is 572 g/mol. The number of ether oxygens (including phenoxy) is 1. The average Bonchev–Trinajstić information content (AvgIpc) is 3.02. The van der Waals surface area contributed by atoms with Crippen LogP contribution < -0.4 is 33.1 Å². The molecule has 5 rings (SSSR count). The Labute approximate surface area is 244 Å². The molecule has 0 aliphatic carbocycles. The third kappa shape index (κ3) is 7.53. The molecule has 7 N–H and O–H groups in total. The number of carbonyl (C=O) groups excluding carboxylic acids is 1. The van der Waals surface area contributed by atoms with E-state index in [4.69, 9.17) is 16.2 Å². The van der Waals surface area contributed by atoms with Gasteiger partial charge in [-0.3, -0.25) is 14.4 Å². The lowest BCUT2D eigenvalue weighted by molar-refractivity contribution is -0.133. The molecule has 2 aromatic carbocycles. The van der Waals surface area contributed by atoms with Crippen molar-refractivity contribution in [1.82, 2.24) is 19.8 Å². The summed E-state index contributed by atoms with van der Waals surface area (Å²) in [5, 5.41) is 9.90. The number of aromatic nitrogens is 2. The number of fused-ring (bicyclic) bond motifs is 1. The molecule has 42 heavy (non-hydrogen) atoms. The number of carbonyl (C=O) groups is 1. The molecular weight excluding hydrogens is 534 g/mol. The summed E-state index contributed by atoms with van der Waals surface area (Å²) in [5.41, 5.74) is 15.9. The molecule has 0 saturated carbocycles. The first kappa shape index (κ1) is 28.8. The molecule has 2 aliphatic rings. The maximum atomic E-state index is 12.8. The first-order chi connectivity index (χ1) is 20.5. The molecule has 1 fully saturated rings. The van der Waals surface area contributed by atoms with E-state index in [1.54, 1.807) is 4.57 Å². The molecule has 12 heteroatoms. The molecule has 1 aromatic heterocycles. The van der Waals surface area contributed by atoms with Gasteiger partial charge in [0.2, 0.25) is 5.91 Å². The van der Waals surface area contributed by atoms with Crippen molar-refractivity contribution in [3.63, 3.8) is 0 Å². The van der Waals surface area contributed by atoms with E-state index in [2.05, 4.69) is 25.9 Å². The van der Waals surface area contributed by atoms with E-state index in [1.165, 1.54) is 0 Å². The van der Waals surface area contributed by atoms with Gasteiger partial charge in [0.05, 0.1) is 25.4 Å². The Hall–Kier alpha value is -4.68. The number of amides is 1. The Bertz CT molecular complexity index is 1510. The molecule has 0 unspecified atom stereocenters. The van der Waals surface area contributed by atoms with Gasteiger partial charge in [-0.15, -0.1) is 0 Å². The molecule has 1 amide bonds. The number of morpholine rings is 1. The molecule has 3 heterocycles. The van der Waals surface area contributed by atoms with Gasteiger partial charge in [0, 0.05) is 50.2 Å². The fourth-order valence-electron chi connectivity index (χ4n) is 4.86. The summed E-state index contributed by atoms with van der Waals surface area (Å²) in [6.45, 7) is 5.26. The van der Waals surface area contributed by atoms with Gasteiger partial charge < -0.3 is 37.1 Å². The largest absolute Gasteiger partial charge is 0.378 e. The summed E-state index contributed by atoms with van der Waals surface area (Å²) in [5.74, 6) is 0.729. The van der Waals surface area contributed by atoms with Crippen LogP contribution in [0.1, 0.15) is 23.1 Å². The fourth-order valence-corrected chi connectivity index (χ4v) is 4.86.